The molecule has 1 amide bonds. The van der Waals surface area contributed by atoms with Gasteiger partial charge < -0.3 is 19.5 Å². The Balaban J connectivity index is 1.99. The zero-order valence-corrected chi connectivity index (χ0v) is 17.0. The van der Waals surface area contributed by atoms with E-state index in [1.54, 1.807) is 25.4 Å². The molecule has 0 spiro atoms. The number of carbonyl (C=O) groups excluding carboxylic acids is 1. The number of benzene rings is 1. The van der Waals surface area contributed by atoms with E-state index in [9.17, 15) is 9.18 Å². The van der Waals surface area contributed by atoms with Gasteiger partial charge in [0.1, 0.15) is 19.0 Å². The molecule has 1 saturated heterocycles. The molecule has 0 radical (unpaired) electrons. The van der Waals surface area contributed by atoms with Gasteiger partial charge in [-0.2, -0.15) is 0 Å². The minimum atomic E-state index is -1.53. The van der Waals surface area contributed by atoms with Gasteiger partial charge in [0.05, 0.1) is 19.7 Å². The third kappa shape index (κ3) is 4.14. The number of hydrogen-bond donors (Lipinski definition) is 1. The van der Waals surface area contributed by atoms with Gasteiger partial charge in [0.15, 0.2) is 6.17 Å². The summed E-state index contributed by atoms with van der Waals surface area (Å²) in [5.74, 6) is 5.48. The van der Waals surface area contributed by atoms with Gasteiger partial charge in [-0.25, -0.2) is 14.2 Å². The molecule has 1 aromatic heterocycles. The highest BCUT2D eigenvalue weighted by Crippen LogP contribution is 2.37. The summed E-state index contributed by atoms with van der Waals surface area (Å²) in [5, 5.41) is 3.93. The maximum absolute atomic E-state index is 14.0. The Hall–Kier alpha value is -3.36. The van der Waals surface area contributed by atoms with E-state index in [0.717, 1.165) is 0 Å². The van der Waals surface area contributed by atoms with Crippen molar-refractivity contribution in [1.29, 1.82) is 0 Å². The van der Waals surface area contributed by atoms with Gasteiger partial charge in [-0.3, -0.25) is 4.79 Å². The average molecular weight is 411 g/mol. The van der Waals surface area contributed by atoms with Crippen molar-refractivity contribution in [1.82, 2.24) is 10.3 Å². The van der Waals surface area contributed by atoms with Crippen molar-refractivity contribution in [3.8, 4) is 23.5 Å². The predicted octanol–water partition coefficient (Wildman–Crippen LogP) is 3.03. The summed E-state index contributed by atoms with van der Waals surface area (Å²) in [7, 11) is 3.03. The second-order valence-electron chi connectivity index (χ2n) is 6.79. The van der Waals surface area contributed by atoms with Crippen LogP contribution >= 0.6 is 0 Å². The summed E-state index contributed by atoms with van der Waals surface area (Å²) >= 11 is 0. The number of nitrogens with zero attached hydrogens (tertiary/aromatic N) is 2. The SMILES string of the molecule is [C-]#[N+]c1cc2c(C#CCOC)cnc(OC[C@H]3NC(=O)[C@@H](F)[C@H]3CC)c2cc1OC. The number of alkyl halides is 1. The summed E-state index contributed by atoms with van der Waals surface area (Å²) in [4.78, 5) is 19.5. The molecule has 2 aromatic rings. The maximum atomic E-state index is 14.0. The fourth-order valence-electron chi connectivity index (χ4n) is 3.49. The lowest BCUT2D eigenvalue weighted by molar-refractivity contribution is -0.123. The van der Waals surface area contributed by atoms with Crippen LogP contribution < -0.4 is 14.8 Å². The number of ether oxygens (including phenoxy) is 3. The van der Waals surface area contributed by atoms with Crippen molar-refractivity contribution in [3.63, 3.8) is 0 Å². The Morgan fingerprint density at radius 2 is 2.13 bits per heavy atom. The highest BCUT2D eigenvalue weighted by Gasteiger charge is 2.41. The topological polar surface area (TPSA) is 74.0 Å². The molecule has 2 heterocycles. The Morgan fingerprint density at radius 3 is 2.80 bits per heavy atom. The Kier molecular flexibility index (Phi) is 6.71. The standard InChI is InChI=1S/C22H22FN3O4/c1-5-14-18(26-21(27)20(14)23)12-30-22-16-10-19(29-4)17(24-2)9-15(16)13(11-25-22)7-6-8-28-3/h9-11,14,18,20H,5,8,12H2,1,3-4H3,(H,26,27)/t14-,18+,20-/m0/s1. The number of carbonyl (C=O) groups is 1. The molecular formula is C22H22FN3O4. The van der Waals surface area contributed by atoms with Gasteiger partial charge in [-0.1, -0.05) is 18.8 Å². The maximum Gasteiger partial charge on any atom is 0.255 e. The number of methoxy groups -OCH3 is 2. The van der Waals surface area contributed by atoms with Crippen LogP contribution in [-0.2, 0) is 9.53 Å². The molecule has 7 nitrogen and oxygen atoms in total. The third-order valence-corrected chi connectivity index (χ3v) is 5.05. The molecule has 1 N–H and O–H groups in total. The number of hydrogen-bond acceptors (Lipinski definition) is 5. The van der Waals surface area contributed by atoms with Crippen LogP contribution in [-0.4, -0.2) is 50.5 Å². The first-order valence-electron chi connectivity index (χ1n) is 9.47. The number of rotatable bonds is 6. The highest BCUT2D eigenvalue weighted by molar-refractivity contribution is 5.96. The monoisotopic (exact) mass is 411 g/mol. The summed E-state index contributed by atoms with van der Waals surface area (Å²) in [6.45, 7) is 9.57. The molecule has 156 valence electrons. The lowest BCUT2D eigenvalue weighted by Crippen LogP contribution is -2.34. The number of pyridine rings is 1. The zero-order valence-electron chi connectivity index (χ0n) is 17.0. The molecule has 1 aromatic carbocycles. The minimum Gasteiger partial charge on any atom is -0.508 e. The van der Waals surface area contributed by atoms with Crippen molar-refractivity contribution in [3.05, 3.63) is 35.3 Å². The molecule has 3 rings (SSSR count). The molecule has 0 unspecified atom stereocenters. The van der Waals surface area contributed by atoms with Gasteiger partial charge in [0.25, 0.3) is 5.91 Å². The highest BCUT2D eigenvalue weighted by atomic mass is 19.1. The van der Waals surface area contributed by atoms with E-state index in [1.807, 2.05) is 6.92 Å². The van der Waals surface area contributed by atoms with E-state index in [1.165, 1.54) is 7.11 Å². The molecule has 0 saturated carbocycles. The predicted molar refractivity (Wildman–Crippen MR) is 109 cm³/mol. The van der Waals surface area contributed by atoms with E-state index in [4.69, 9.17) is 20.8 Å². The number of amides is 1. The fraction of sp³-hybridized carbons (Fsp3) is 0.409. The van der Waals surface area contributed by atoms with Crippen molar-refractivity contribution in [2.24, 2.45) is 5.92 Å². The van der Waals surface area contributed by atoms with E-state index < -0.39 is 24.0 Å². The van der Waals surface area contributed by atoms with Crippen molar-refractivity contribution in [2.45, 2.75) is 25.6 Å². The smallest absolute Gasteiger partial charge is 0.255 e. The van der Waals surface area contributed by atoms with Crippen LogP contribution in [0.15, 0.2) is 18.3 Å². The van der Waals surface area contributed by atoms with E-state index in [0.29, 0.717) is 40.1 Å². The molecule has 8 heteroatoms. The van der Waals surface area contributed by atoms with Crippen molar-refractivity contribution in [2.75, 3.05) is 27.4 Å². The van der Waals surface area contributed by atoms with Gasteiger partial charge in [0.2, 0.25) is 11.6 Å². The fourth-order valence-corrected chi connectivity index (χ4v) is 3.49. The lowest BCUT2D eigenvalue weighted by Gasteiger charge is -2.19. The summed E-state index contributed by atoms with van der Waals surface area (Å²) in [6, 6.07) is 2.91. The first-order valence-corrected chi connectivity index (χ1v) is 9.47. The van der Waals surface area contributed by atoms with Crippen LogP contribution in [0.1, 0.15) is 18.9 Å². The molecule has 1 aliphatic rings. The van der Waals surface area contributed by atoms with E-state index >= 15 is 0 Å². The summed E-state index contributed by atoms with van der Waals surface area (Å²) < 4.78 is 30.2. The first-order chi connectivity index (χ1) is 14.5. The average Bonchev–Trinajstić information content (AvgIpc) is 3.04. The van der Waals surface area contributed by atoms with Crippen LogP contribution in [0.25, 0.3) is 15.6 Å². The lowest BCUT2D eigenvalue weighted by atomic mass is 9.97. The van der Waals surface area contributed by atoms with Crippen LogP contribution in [0.2, 0.25) is 0 Å². The Morgan fingerprint density at radius 1 is 1.33 bits per heavy atom. The normalized spacial score (nSPS) is 20.2. The van der Waals surface area contributed by atoms with Crippen molar-refractivity contribution >= 4 is 22.4 Å². The van der Waals surface area contributed by atoms with Gasteiger partial charge in [0, 0.05) is 30.2 Å². The zero-order chi connectivity index (χ0) is 21.7. The molecule has 0 bridgehead atoms. The summed E-state index contributed by atoms with van der Waals surface area (Å²) in [6.07, 6.45) is 0.537. The van der Waals surface area contributed by atoms with Crippen molar-refractivity contribution < 1.29 is 23.4 Å². The van der Waals surface area contributed by atoms with Crippen LogP contribution in [0.4, 0.5) is 10.1 Å². The number of fused-ring (bicyclic) bond motifs is 1. The largest absolute Gasteiger partial charge is 0.508 e. The van der Waals surface area contributed by atoms with E-state index in [-0.39, 0.29) is 13.2 Å². The quantitative estimate of drug-likeness (QED) is 0.584. The second kappa shape index (κ2) is 9.43. The third-order valence-electron chi connectivity index (χ3n) is 5.05. The minimum absolute atomic E-state index is 0.0777. The second-order valence-corrected chi connectivity index (χ2v) is 6.79. The molecule has 30 heavy (non-hydrogen) atoms. The molecule has 0 aliphatic carbocycles. The summed E-state index contributed by atoms with van der Waals surface area (Å²) in [5.41, 5.74) is 0.956. The number of nitrogens with one attached hydrogen (secondary N) is 1. The molecular weight excluding hydrogens is 389 g/mol. The first kappa shape index (κ1) is 21.4. The van der Waals surface area contributed by atoms with Gasteiger partial charge >= 0.3 is 0 Å². The van der Waals surface area contributed by atoms with Crippen LogP contribution in [0, 0.1) is 24.3 Å². The van der Waals surface area contributed by atoms with Gasteiger partial charge in [-0.15, -0.1) is 0 Å². The Labute approximate surface area is 174 Å². The Bertz CT molecular complexity index is 1050. The number of aromatic nitrogens is 1. The molecule has 1 aliphatic heterocycles. The van der Waals surface area contributed by atoms with Crippen LogP contribution in [0.3, 0.4) is 0 Å². The van der Waals surface area contributed by atoms with E-state index in [2.05, 4.69) is 27.0 Å². The molecule has 1 fully saturated rings. The van der Waals surface area contributed by atoms with Crippen LogP contribution in [0.5, 0.6) is 11.6 Å². The number of halogens is 1. The molecule has 3 atom stereocenters. The van der Waals surface area contributed by atoms with Gasteiger partial charge in [-0.05, 0) is 23.9 Å².